The van der Waals surface area contributed by atoms with Gasteiger partial charge in [-0.3, -0.25) is 4.79 Å². The van der Waals surface area contributed by atoms with E-state index in [-0.39, 0.29) is 16.9 Å². The van der Waals surface area contributed by atoms with Gasteiger partial charge >= 0.3 is 0 Å². The van der Waals surface area contributed by atoms with E-state index in [1.165, 1.54) is 24.3 Å². The van der Waals surface area contributed by atoms with Crippen LogP contribution >= 0.6 is 0 Å². The molecule has 42 heavy (non-hydrogen) atoms. The molecule has 2 fully saturated rings. The van der Waals surface area contributed by atoms with Gasteiger partial charge in [-0.15, -0.1) is 0 Å². The first-order chi connectivity index (χ1) is 19.9. The number of aliphatic hydroxyl groups is 8. The van der Waals surface area contributed by atoms with Gasteiger partial charge in [0.25, 0.3) is 0 Å². The number of fused-ring (bicyclic) bond motifs is 1. The molecule has 0 amide bonds. The number of phenolic OH excluding ortho intramolecular Hbond substituents is 3. The third-order valence-corrected chi connectivity index (χ3v) is 7.77. The third-order valence-electron chi connectivity index (χ3n) is 7.77. The van der Waals surface area contributed by atoms with Gasteiger partial charge in [0.2, 0.25) is 5.43 Å². The Morgan fingerprint density at radius 3 is 1.64 bits per heavy atom. The fraction of sp³-hybridized carbons (Fsp3) is 0.444. The van der Waals surface area contributed by atoms with E-state index in [2.05, 4.69) is 0 Å². The second kappa shape index (κ2) is 11.4. The van der Waals surface area contributed by atoms with Gasteiger partial charge in [-0.05, 0) is 17.7 Å². The second-order valence-corrected chi connectivity index (χ2v) is 10.3. The number of ether oxygens (including phenoxy) is 2. The molecule has 3 aromatic rings. The SMILES string of the molecule is O=c1c(-c2ccc(O)cc2)coc2c([C@H]3O[C@@H](CO)[C@@H](O)[C@@H](O)[C@@H]3O)c(O)c([C@H]3O[C@@H](CO)[C@@H](O)[C@@H](O)[C@H]3O)c(O)c12. The molecule has 0 radical (unpaired) electrons. The monoisotopic (exact) mass is 594 g/mol. The highest BCUT2D eigenvalue weighted by Crippen LogP contribution is 2.50. The molecule has 2 aliphatic rings. The van der Waals surface area contributed by atoms with Crippen LogP contribution in [-0.4, -0.2) is 118 Å². The van der Waals surface area contributed by atoms with Crippen LogP contribution in [0.3, 0.4) is 0 Å². The topological polar surface area (TPSA) is 271 Å². The van der Waals surface area contributed by atoms with Crippen LogP contribution in [0.1, 0.15) is 23.3 Å². The van der Waals surface area contributed by atoms with Gasteiger partial charge in [-0.25, -0.2) is 0 Å². The first-order valence-electron chi connectivity index (χ1n) is 12.9. The van der Waals surface area contributed by atoms with Gasteiger partial charge in [0, 0.05) is 0 Å². The van der Waals surface area contributed by atoms with Crippen molar-refractivity contribution in [3.63, 3.8) is 0 Å². The molecule has 11 N–H and O–H groups in total. The lowest BCUT2D eigenvalue weighted by Gasteiger charge is -2.42. The van der Waals surface area contributed by atoms with E-state index in [4.69, 9.17) is 13.9 Å². The zero-order valence-electron chi connectivity index (χ0n) is 21.6. The Hall–Kier alpha value is -3.35. The summed E-state index contributed by atoms with van der Waals surface area (Å²) in [5, 5.41) is 114. The van der Waals surface area contributed by atoms with Crippen LogP contribution in [0.25, 0.3) is 22.1 Å². The lowest BCUT2D eigenvalue weighted by molar-refractivity contribution is -0.234. The third kappa shape index (κ3) is 4.69. The van der Waals surface area contributed by atoms with E-state index in [0.717, 1.165) is 6.26 Å². The maximum absolute atomic E-state index is 13.8. The number of benzene rings is 2. The smallest absolute Gasteiger partial charge is 0.204 e. The van der Waals surface area contributed by atoms with Crippen molar-refractivity contribution < 1.29 is 70.1 Å². The molecule has 15 heteroatoms. The maximum atomic E-state index is 13.8. The zero-order chi connectivity index (χ0) is 30.6. The Labute approximate surface area is 235 Å². The summed E-state index contributed by atoms with van der Waals surface area (Å²) in [6.45, 7) is -1.70. The molecule has 1 aromatic heterocycles. The number of hydrogen-bond donors (Lipinski definition) is 11. The highest BCUT2D eigenvalue weighted by Gasteiger charge is 2.50. The first kappa shape index (κ1) is 30.1. The molecule has 2 aliphatic heterocycles. The van der Waals surface area contributed by atoms with E-state index in [1.54, 1.807) is 0 Å². The summed E-state index contributed by atoms with van der Waals surface area (Å²) in [5.41, 5.74) is -2.63. The van der Waals surface area contributed by atoms with Crippen molar-refractivity contribution in [2.24, 2.45) is 0 Å². The van der Waals surface area contributed by atoms with Gasteiger partial charge in [0.05, 0.1) is 29.9 Å². The van der Waals surface area contributed by atoms with Gasteiger partial charge in [0.1, 0.15) is 89.9 Å². The minimum Gasteiger partial charge on any atom is -0.508 e. The van der Waals surface area contributed by atoms with E-state index < -0.39 is 113 Å². The summed E-state index contributed by atoms with van der Waals surface area (Å²) in [7, 11) is 0. The van der Waals surface area contributed by atoms with Crippen molar-refractivity contribution in [1.82, 2.24) is 0 Å². The van der Waals surface area contributed by atoms with Crippen LogP contribution in [0, 0.1) is 0 Å². The van der Waals surface area contributed by atoms with Crippen LogP contribution in [0.5, 0.6) is 17.2 Å². The summed E-state index contributed by atoms with van der Waals surface area (Å²) in [5.74, 6) is -2.09. The molecular weight excluding hydrogens is 564 g/mol. The van der Waals surface area contributed by atoms with Crippen molar-refractivity contribution in [2.75, 3.05) is 13.2 Å². The Morgan fingerprint density at radius 1 is 0.643 bits per heavy atom. The fourth-order valence-electron chi connectivity index (χ4n) is 5.43. The predicted molar refractivity (Wildman–Crippen MR) is 138 cm³/mol. The number of phenols is 3. The van der Waals surface area contributed by atoms with Gasteiger partial charge < -0.3 is 70.1 Å². The fourth-order valence-corrected chi connectivity index (χ4v) is 5.43. The van der Waals surface area contributed by atoms with Crippen LogP contribution in [0.15, 0.2) is 39.7 Å². The van der Waals surface area contributed by atoms with Crippen molar-refractivity contribution in [2.45, 2.75) is 61.0 Å². The normalized spacial score (nSPS) is 33.6. The number of rotatable bonds is 5. The lowest BCUT2D eigenvalue weighted by Crippen LogP contribution is -2.55. The minimum atomic E-state index is -2.04. The average molecular weight is 595 g/mol. The Balaban J connectivity index is 1.82. The number of aromatic hydroxyl groups is 3. The summed E-state index contributed by atoms with van der Waals surface area (Å²) in [4.78, 5) is 13.8. The molecule has 5 rings (SSSR count). The molecule has 0 saturated carbocycles. The van der Waals surface area contributed by atoms with Crippen LogP contribution in [-0.2, 0) is 9.47 Å². The number of aliphatic hydroxyl groups excluding tert-OH is 8. The van der Waals surface area contributed by atoms with Crippen LogP contribution in [0.2, 0.25) is 0 Å². The molecule has 10 atom stereocenters. The van der Waals surface area contributed by atoms with E-state index in [1.807, 2.05) is 0 Å². The van der Waals surface area contributed by atoms with Crippen molar-refractivity contribution in [1.29, 1.82) is 0 Å². The Kier molecular flexibility index (Phi) is 8.16. The summed E-state index contributed by atoms with van der Waals surface area (Å²) in [6, 6.07) is 5.33. The summed E-state index contributed by atoms with van der Waals surface area (Å²) < 4.78 is 16.8. The highest BCUT2D eigenvalue weighted by atomic mass is 16.6. The molecule has 3 heterocycles. The summed E-state index contributed by atoms with van der Waals surface area (Å²) >= 11 is 0. The molecule has 228 valence electrons. The molecule has 0 aliphatic carbocycles. The summed E-state index contributed by atoms with van der Waals surface area (Å²) in [6.07, 6.45) is -17.2. The van der Waals surface area contributed by atoms with Crippen molar-refractivity contribution in [3.8, 4) is 28.4 Å². The van der Waals surface area contributed by atoms with Crippen LogP contribution < -0.4 is 5.43 Å². The largest absolute Gasteiger partial charge is 0.508 e. The van der Waals surface area contributed by atoms with Crippen molar-refractivity contribution >= 4 is 11.0 Å². The first-order valence-corrected chi connectivity index (χ1v) is 12.9. The van der Waals surface area contributed by atoms with Gasteiger partial charge in [-0.2, -0.15) is 0 Å². The van der Waals surface area contributed by atoms with E-state index in [9.17, 15) is 61.0 Å². The second-order valence-electron chi connectivity index (χ2n) is 10.3. The number of hydrogen-bond acceptors (Lipinski definition) is 15. The maximum Gasteiger partial charge on any atom is 0.204 e. The molecular formula is C27H30O15. The molecule has 0 bridgehead atoms. The highest BCUT2D eigenvalue weighted by molar-refractivity contribution is 5.93. The zero-order valence-corrected chi connectivity index (χ0v) is 21.6. The quantitative estimate of drug-likeness (QED) is 0.147. The van der Waals surface area contributed by atoms with Crippen LogP contribution in [0.4, 0.5) is 0 Å². The molecule has 0 unspecified atom stereocenters. The van der Waals surface area contributed by atoms with Gasteiger partial charge in [-0.1, -0.05) is 12.1 Å². The Bertz CT molecular complexity index is 1500. The molecule has 15 nitrogen and oxygen atoms in total. The minimum absolute atomic E-state index is 0.105. The standard InChI is InChI=1S/C27H30O15/c28-5-11-17(32)21(36)23(38)26(41-11)14-19(34)13-16(31)10(8-1-3-9(30)4-2-8)7-40-25(13)15(20(14)35)27-24(39)22(37)18(33)12(6-29)42-27/h1-4,7,11-12,17-18,21-24,26-30,32-39H,5-6H2/t11-,12-,17+,18+,21+,22+,23+,24-,26+,27+/m0/s1. The molecule has 2 aromatic carbocycles. The van der Waals surface area contributed by atoms with Gasteiger partial charge in [0.15, 0.2) is 5.58 Å². The predicted octanol–water partition coefficient (Wildman–Crippen LogP) is -2.39. The molecule has 0 spiro atoms. The van der Waals surface area contributed by atoms with E-state index in [0.29, 0.717) is 0 Å². The Morgan fingerprint density at radius 2 is 1.14 bits per heavy atom. The molecule has 2 saturated heterocycles. The van der Waals surface area contributed by atoms with E-state index >= 15 is 0 Å². The van der Waals surface area contributed by atoms with Crippen molar-refractivity contribution in [3.05, 3.63) is 51.9 Å². The average Bonchev–Trinajstić information content (AvgIpc) is 2.97. The lowest BCUT2D eigenvalue weighted by atomic mass is 9.85.